The predicted molar refractivity (Wildman–Crippen MR) is 139 cm³/mol. The van der Waals surface area contributed by atoms with Crippen LogP contribution in [0.25, 0.3) is 11.1 Å². The highest BCUT2D eigenvalue weighted by molar-refractivity contribution is 6.30. The van der Waals surface area contributed by atoms with Crippen LogP contribution in [0.2, 0.25) is 5.02 Å². The van der Waals surface area contributed by atoms with Gasteiger partial charge in [0.1, 0.15) is 5.75 Å². The van der Waals surface area contributed by atoms with Gasteiger partial charge in [-0.1, -0.05) is 106 Å². The zero-order valence-corrected chi connectivity index (χ0v) is 20.4. The number of esters is 1. The molecule has 0 spiro atoms. The molecule has 0 bridgehead atoms. The van der Waals surface area contributed by atoms with Gasteiger partial charge in [0, 0.05) is 5.02 Å². The minimum Gasteiger partial charge on any atom is -0.423 e. The van der Waals surface area contributed by atoms with E-state index >= 15 is 0 Å². The molecule has 3 aromatic carbocycles. The summed E-state index contributed by atoms with van der Waals surface area (Å²) in [7, 11) is 0. The van der Waals surface area contributed by atoms with Gasteiger partial charge >= 0.3 is 5.97 Å². The van der Waals surface area contributed by atoms with Gasteiger partial charge in [-0.25, -0.2) is 4.79 Å². The van der Waals surface area contributed by atoms with Gasteiger partial charge in [-0.2, -0.15) is 0 Å². The number of carbonyl (C=O) groups is 1. The third-order valence-electron chi connectivity index (χ3n) is 6.00. The van der Waals surface area contributed by atoms with Gasteiger partial charge in [0.05, 0.1) is 5.56 Å². The molecule has 33 heavy (non-hydrogen) atoms. The van der Waals surface area contributed by atoms with E-state index in [9.17, 15) is 4.79 Å². The van der Waals surface area contributed by atoms with Crippen LogP contribution in [0.5, 0.6) is 5.75 Å². The van der Waals surface area contributed by atoms with E-state index in [1.54, 1.807) is 24.3 Å². The first-order valence-electron chi connectivity index (χ1n) is 12.3. The Morgan fingerprint density at radius 1 is 0.667 bits per heavy atom. The molecular weight excluding hydrogens is 428 g/mol. The second kappa shape index (κ2) is 13.9. The number of unbranched alkanes of at least 4 members (excludes halogenated alkanes) is 8. The fourth-order valence-electron chi connectivity index (χ4n) is 3.97. The summed E-state index contributed by atoms with van der Waals surface area (Å²) in [6, 6.07) is 23.1. The van der Waals surface area contributed by atoms with Crippen LogP contribution >= 0.6 is 11.6 Å². The smallest absolute Gasteiger partial charge is 0.343 e. The highest BCUT2D eigenvalue weighted by atomic mass is 35.5. The number of hydrogen-bond acceptors (Lipinski definition) is 2. The molecule has 174 valence electrons. The Morgan fingerprint density at radius 3 is 1.76 bits per heavy atom. The summed E-state index contributed by atoms with van der Waals surface area (Å²) < 4.78 is 5.40. The molecule has 0 saturated carbocycles. The van der Waals surface area contributed by atoms with Crippen molar-refractivity contribution in [2.45, 2.75) is 71.1 Å². The van der Waals surface area contributed by atoms with Crippen molar-refractivity contribution in [3.63, 3.8) is 0 Å². The second-order valence-electron chi connectivity index (χ2n) is 8.70. The molecule has 0 aliphatic carbocycles. The summed E-state index contributed by atoms with van der Waals surface area (Å²) in [5.41, 5.74) is 4.16. The maximum Gasteiger partial charge on any atom is 0.343 e. The monoisotopic (exact) mass is 462 g/mol. The number of aryl methyl sites for hydroxylation is 1. The van der Waals surface area contributed by atoms with Crippen LogP contribution in [0.15, 0.2) is 72.8 Å². The molecule has 0 aromatic heterocycles. The Balaban J connectivity index is 1.42. The van der Waals surface area contributed by atoms with Crippen LogP contribution in [-0.2, 0) is 6.42 Å². The van der Waals surface area contributed by atoms with E-state index in [-0.39, 0.29) is 5.97 Å². The molecule has 3 heteroatoms. The van der Waals surface area contributed by atoms with E-state index in [1.165, 1.54) is 63.4 Å². The van der Waals surface area contributed by atoms with E-state index in [1.807, 2.05) is 24.3 Å². The second-order valence-corrected chi connectivity index (χ2v) is 9.13. The average Bonchev–Trinajstić information content (AvgIpc) is 2.85. The highest BCUT2D eigenvalue weighted by Gasteiger charge is 2.09. The molecule has 3 rings (SSSR count). The molecule has 0 fully saturated rings. The van der Waals surface area contributed by atoms with Crippen molar-refractivity contribution in [3.05, 3.63) is 88.9 Å². The van der Waals surface area contributed by atoms with E-state index in [0.717, 1.165) is 17.5 Å². The predicted octanol–water partition coefficient (Wildman–Crippen LogP) is 9.30. The first kappa shape index (κ1) is 25.1. The number of carbonyl (C=O) groups excluding carboxylic acids is 1. The minimum atomic E-state index is -0.375. The maximum atomic E-state index is 12.4. The number of hydrogen-bond donors (Lipinski definition) is 0. The van der Waals surface area contributed by atoms with Crippen LogP contribution in [0.4, 0.5) is 0 Å². The lowest BCUT2D eigenvalue weighted by molar-refractivity contribution is 0.0735. The molecule has 0 radical (unpaired) electrons. The maximum absolute atomic E-state index is 12.4. The quantitative estimate of drug-likeness (QED) is 0.144. The number of halogens is 1. The summed E-state index contributed by atoms with van der Waals surface area (Å²) >= 11 is 5.87. The third-order valence-corrected chi connectivity index (χ3v) is 6.25. The summed E-state index contributed by atoms with van der Waals surface area (Å²) in [6.07, 6.45) is 13.4. The lowest BCUT2D eigenvalue weighted by Gasteiger charge is -2.07. The highest BCUT2D eigenvalue weighted by Crippen LogP contribution is 2.22. The summed E-state index contributed by atoms with van der Waals surface area (Å²) in [4.78, 5) is 12.4. The molecule has 0 saturated heterocycles. The van der Waals surface area contributed by atoms with E-state index in [0.29, 0.717) is 16.3 Å². The molecule has 0 aliphatic heterocycles. The summed E-state index contributed by atoms with van der Waals surface area (Å²) in [5.74, 6) is 0.108. The Morgan fingerprint density at radius 2 is 1.18 bits per heavy atom. The fourth-order valence-corrected chi connectivity index (χ4v) is 4.10. The molecule has 0 heterocycles. The van der Waals surface area contributed by atoms with Gasteiger partial charge in [0.2, 0.25) is 0 Å². The lowest BCUT2D eigenvalue weighted by Crippen LogP contribution is -2.08. The van der Waals surface area contributed by atoms with Gasteiger partial charge in [0.15, 0.2) is 0 Å². The normalized spacial score (nSPS) is 10.8. The van der Waals surface area contributed by atoms with Crippen molar-refractivity contribution in [1.29, 1.82) is 0 Å². The topological polar surface area (TPSA) is 26.3 Å². The van der Waals surface area contributed by atoms with Crippen molar-refractivity contribution < 1.29 is 9.53 Å². The Kier molecular flexibility index (Phi) is 10.5. The first-order chi connectivity index (χ1) is 16.2. The molecule has 0 aliphatic rings. The molecule has 2 nitrogen and oxygen atoms in total. The van der Waals surface area contributed by atoms with E-state index < -0.39 is 0 Å². The number of rotatable bonds is 13. The van der Waals surface area contributed by atoms with Crippen LogP contribution in [0.3, 0.4) is 0 Å². The van der Waals surface area contributed by atoms with Crippen molar-refractivity contribution in [2.75, 3.05) is 0 Å². The van der Waals surface area contributed by atoms with Crippen molar-refractivity contribution in [3.8, 4) is 16.9 Å². The van der Waals surface area contributed by atoms with E-state index in [2.05, 4.69) is 31.2 Å². The number of benzene rings is 3. The molecule has 0 N–H and O–H groups in total. The minimum absolute atomic E-state index is 0.375. The summed E-state index contributed by atoms with van der Waals surface area (Å²) in [5, 5.41) is 0.610. The van der Waals surface area contributed by atoms with Gasteiger partial charge in [0.25, 0.3) is 0 Å². The lowest BCUT2D eigenvalue weighted by atomic mass is 10.00. The molecular formula is C30H35ClO2. The Hall–Kier alpha value is -2.58. The molecule has 0 amide bonds. The summed E-state index contributed by atoms with van der Waals surface area (Å²) in [6.45, 7) is 2.27. The van der Waals surface area contributed by atoms with Crippen LogP contribution < -0.4 is 4.74 Å². The molecule has 0 unspecified atom stereocenters. The Labute approximate surface area is 204 Å². The zero-order valence-electron chi connectivity index (χ0n) is 19.7. The molecule has 0 atom stereocenters. The third kappa shape index (κ3) is 8.70. The van der Waals surface area contributed by atoms with Gasteiger partial charge < -0.3 is 4.74 Å². The van der Waals surface area contributed by atoms with Crippen LogP contribution in [-0.4, -0.2) is 5.97 Å². The van der Waals surface area contributed by atoms with Crippen LogP contribution in [0.1, 0.15) is 80.6 Å². The number of ether oxygens (including phenoxy) is 1. The largest absolute Gasteiger partial charge is 0.423 e. The van der Waals surface area contributed by atoms with Crippen molar-refractivity contribution in [2.24, 2.45) is 0 Å². The SMILES string of the molecule is CCCCCCCCCCCc1ccc(-c2ccc(C(=O)Oc3ccc(Cl)cc3)cc2)cc1. The van der Waals surface area contributed by atoms with Gasteiger partial charge in [-0.15, -0.1) is 0 Å². The zero-order chi connectivity index (χ0) is 23.3. The van der Waals surface area contributed by atoms with E-state index in [4.69, 9.17) is 16.3 Å². The average molecular weight is 463 g/mol. The molecule has 3 aromatic rings. The van der Waals surface area contributed by atoms with Crippen molar-refractivity contribution in [1.82, 2.24) is 0 Å². The van der Waals surface area contributed by atoms with Crippen LogP contribution in [0, 0.1) is 0 Å². The fraction of sp³-hybridized carbons (Fsp3) is 0.367. The van der Waals surface area contributed by atoms with Gasteiger partial charge in [-0.05, 0) is 65.9 Å². The van der Waals surface area contributed by atoms with Gasteiger partial charge in [-0.3, -0.25) is 0 Å². The standard InChI is InChI=1S/C30H35ClO2/c1-2-3-4-5-6-7-8-9-10-11-24-12-14-25(15-13-24)26-16-18-27(19-17-26)30(32)33-29-22-20-28(31)21-23-29/h12-23H,2-11H2,1H3. The first-order valence-corrected chi connectivity index (χ1v) is 12.7. The Bertz CT molecular complexity index is 960. The van der Waals surface area contributed by atoms with Crippen molar-refractivity contribution >= 4 is 17.6 Å².